The minimum atomic E-state index is -3.91. The van der Waals surface area contributed by atoms with Crippen molar-refractivity contribution in [1.29, 1.82) is 0 Å². The second kappa shape index (κ2) is 9.87. The number of aromatic nitrogens is 1. The highest BCUT2D eigenvalue weighted by molar-refractivity contribution is 7.89. The number of pyridine rings is 1. The fourth-order valence-corrected chi connectivity index (χ4v) is 4.58. The molecular formula is C19H28N4O4S. The molecule has 3 N–H and O–H groups in total. The third-order valence-corrected chi connectivity index (χ3v) is 6.54. The van der Waals surface area contributed by atoms with Gasteiger partial charge in [0, 0.05) is 38.8 Å². The van der Waals surface area contributed by atoms with Gasteiger partial charge in [-0.2, -0.15) is 4.31 Å². The van der Waals surface area contributed by atoms with Gasteiger partial charge < -0.3 is 15.7 Å². The Morgan fingerprint density at radius 1 is 1.29 bits per heavy atom. The Balaban J connectivity index is 2.01. The van der Waals surface area contributed by atoms with Crippen molar-refractivity contribution in [2.24, 2.45) is 5.73 Å². The summed E-state index contributed by atoms with van der Waals surface area (Å²) in [6.07, 6.45) is 4.97. The Bertz CT molecular complexity index is 811. The van der Waals surface area contributed by atoms with E-state index in [-0.39, 0.29) is 13.1 Å². The zero-order chi connectivity index (χ0) is 20.6. The maximum atomic E-state index is 12.7. The number of unbranched alkanes of at least 4 members (excludes halogenated alkanes) is 3. The minimum Gasteiger partial charge on any atom is -0.369 e. The largest absolute Gasteiger partial charge is 0.369 e. The average Bonchev–Trinajstić information content (AvgIpc) is 2.68. The summed E-state index contributed by atoms with van der Waals surface area (Å²) in [5, 5.41) is 10.5. The van der Waals surface area contributed by atoms with Gasteiger partial charge >= 0.3 is 0 Å². The lowest BCUT2D eigenvalue weighted by molar-refractivity contribution is -0.129. The number of piperazine rings is 1. The van der Waals surface area contributed by atoms with Crippen LogP contribution in [0.5, 0.6) is 0 Å². The van der Waals surface area contributed by atoms with Crippen molar-refractivity contribution >= 4 is 21.7 Å². The van der Waals surface area contributed by atoms with Crippen molar-refractivity contribution in [2.45, 2.75) is 38.2 Å². The topological polar surface area (TPSA) is 117 Å². The molecule has 0 bridgehead atoms. The van der Waals surface area contributed by atoms with Crippen molar-refractivity contribution in [1.82, 2.24) is 9.29 Å². The van der Waals surface area contributed by atoms with E-state index in [1.807, 2.05) is 30.0 Å². The monoisotopic (exact) mass is 408 g/mol. The van der Waals surface area contributed by atoms with E-state index in [0.717, 1.165) is 25.1 Å². The van der Waals surface area contributed by atoms with E-state index in [9.17, 15) is 18.3 Å². The van der Waals surface area contributed by atoms with Crippen LogP contribution < -0.4 is 10.6 Å². The Morgan fingerprint density at radius 2 is 2.00 bits per heavy atom. The van der Waals surface area contributed by atoms with Gasteiger partial charge in [0.15, 0.2) is 0 Å². The Morgan fingerprint density at radius 3 is 2.57 bits per heavy atom. The molecule has 1 atom stereocenters. The van der Waals surface area contributed by atoms with Gasteiger partial charge in [-0.25, -0.2) is 13.4 Å². The van der Waals surface area contributed by atoms with Gasteiger partial charge in [0.05, 0.1) is 0 Å². The number of carbonyl (C=O) groups excluding carboxylic acids is 1. The van der Waals surface area contributed by atoms with E-state index in [1.165, 1.54) is 4.31 Å². The highest BCUT2D eigenvalue weighted by atomic mass is 32.2. The standard InChI is InChI=1S/C19H28N4O4S/c1-2-3-4-5-7-10-19(25,18(20)24)16-28(26,27)23-14-12-22(13-15-23)17-9-6-8-11-21-17/h6,8-9,11,25H,2-5,12-16H2,1H3,(H2,20,24). The number of nitrogens with two attached hydrogens (primary N) is 1. The molecule has 154 valence electrons. The first kappa shape index (κ1) is 22.1. The minimum absolute atomic E-state index is 0.234. The Kier molecular flexibility index (Phi) is 7.80. The first-order chi connectivity index (χ1) is 13.3. The van der Waals surface area contributed by atoms with Crippen LogP contribution in [0, 0.1) is 11.8 Å². The Labute approximate surface area is 166 Å². The van der Waals surface area contributed by atoms with Gasteiger partial charge in [-0.3, -0.25) is 4.79 Å². The van der Waals surface area contributed by atoms with Crippen LogP contribution in [0.25, 0.3) is 0 Å². The Hall–Kier alpha value is -2.15. The van der Waals surface area contributed by atoms with E-state index in [2.05, 4.69) is 16.8 Å². The number of hydrogen-bond acceptors (Lipinski definition) is 6. The third kappa shape index (κ3) is 5.92. The van der Waals surface area contributed by atoms with Gasteiger partial charge in [-0.15, -0.1) is 0 Å². The van der Waals surface area contributed by atoms with Crippen LogP contribution in [0.4, 0.5) is 5.82 Å². The highest BCUT2D eigenvalue weighted by Gasteiger charge is 2.40. The molecule has 1 aromatic heterocycles. The molecule has 1 aliphatic rings. The van der Waals surface area contributed by atoms with Crippen LogP contribution in [-0.4, -0.2) is 66.3 Å². The lowest BCUT2D eigenvalue weighted by Gasteiger charge is -2.35. The molecule has 1 aliphatic heterocycles. The smallest absolute Gasteiger partial charge is 0.263 e. The maximum absolute atomic E-state index is 12.7. The van der Waals surface area contributed by atoms with Crippen LogP contribution in [0.3, 0.4) is 0 Å². The molecule has 2 rings (SSSR count). The summed E-state index contributed by atoms with van der Waals surface area (Å²) in [5.41, 5.74) is 2.87. The molecule has 0 radical (unpaired) electrons. The number of carbonyl (C=O) groups is 1. The van der Waals surface area contributed by atoms with Crippen molar-refractivity contribution in [3.63, 3.8) is 0 Å². The molecule has 8 nitrogen and oxygen atoms in total. The average molecular weight is 409 g/mol. The van der Waals surface area contributed by atoms with E-state index in [1.54, 1.807) is 6.20 Å². The summed E-state index contributed by atoms with van der Waals surface area (Å²) in [4.78, 5) is 18.0. The zero-order valence-corrected chi connectivity index (χ0v) is 17.0. The van der Waals surface area contributed by atoms with Gasteiger partial charge in [0.1, 0.15) is 11.6 Å². The third-order valence-electron chi connectivity index (χ3n) is 4.60. The number of sulfonamides is 1. The fraction of sp³-hybridized carbons (Fsp3) is 0.579. The summed E-state index contributed by atoms with van der Waals surface area (Å²) in [5.74, 6) is 3.89. The summed E-state index contributed by atoms with van der Waals surface area (Å²) < 4.78 is 26.7. The van der Waals surface area contributed by atoms with E-state index in [0.29, 0.717) is 19.5 Å². The van der Waals surface area contributed by atoms with E-state index < -0.39 is 27.3 Å². The second-order valence-corrected chi connectivity index (χ2v) is 8.78. The maximum Gasteiger partial charge on any atom is 0.263 e. The molecule has 0 saturated carbocycles. The molecule has 9 heteroatoms. The summed E-state index contributed by atoms with van der Waals surface area (Å²) in [6, 6.07) is 5.56. The van der Waals surface area contributed by atoms with Gasteiger partial charge in [0.25, 0.3) is 5.91 Å². The van der Waals surface area contributed by atoms with Crippen LogP contribution in [0.15, 0.2) is 24.4 Å². The first-order valence-corrected chi connectivity index (χ1v) is 11.1. The van der Waals surface area contributed by atoms with Crippen molar-refractivity contribution in [2.75, 3.05) is 36.8 Å². The zero-order valence-electron chi connectivity index (χ0n) is 16.2. The number of amides is 1. The summed E-state index contributed by atoms with van der Waals surface area (Å²) >= 11 is 0. The second-order valence-electron chi connectivity index (χ2n) is 6.81. The van der Waals surface area contributed by atoms with Crippen molar-refractivity contribution in [3.8, 4) is 11.8 Å². The van der Waals surface area contributed by atoms with Gasteiger partial charge in [0.2, 0.25) is 15.6 Å². The summed E-state index contributed by atoms with van der Waals surface area (Å²) in [6.45, 7) is 3.45. The van der Waals surface area contributed by atoms with Crippen LogP contribution in [0.1, 0.15) is 32.6 Å². The lowest BCUT2D eigenvalue weighted by atomic mass is 10.1. The highest BCUT2D eigenvalue weighted by Crippen LogP contribution is 2.17. The first-order valence-electron chi connectivity index (χ1n) is 9.44. The van der Waals surface area contributed by atoms with Gasteiger partial charge in [-0.1, -0.05) is 37.7 Å². The lowest BCUT2D eigenvalue weighted by Crippen LogP contribution is -2.55. The van der Waals surface area contributed by atoms with Crippen LogP contribution in [-0.2, 0) is 14.8 Å². The van der Waals surface area contributed by atoms with E-state index >= 15 is 0 Å². The quantitative estimate of drug-likeness (QED) is 0.473. The van der Waals surface area contributed by atoms with Crippen molar-refractivity contribution < 1.29 is 18.3 Å². The number of aliphatic hydroxyl groups is 1. The molecule has 1 aromatic rings. The SMILES string of the molecule is CCCCCC#CC(O)(CS(=O)(=O)N1CCN(c2ccccn2)CC1)C(N)=O. The molecule has 1 unspecified atom stereocenters. The molecule has 28 heavy (non-hydrogen) atoms. The number of primary amides is 1. The summed E-state index contributed by atoms with van der Waals surface area (Å²) in [7, 11) is -3.91. The van der Waals surface area contributed by atoms with Crippen LogP contribution in [0.2, 0.25) is 0 Å². The molecular weight excluding hydrogens is 380 g/mol. The molecule has 0 aromatic carbocycles. The number of anilines is 1. The van der Waals surface area contributed by atoms with Crippen LogP contribution >= 0.6 is 0 Å². The fourth-order valence-electron chi connectivity index (χ4n) is 2.93. The normalized spacial score (nSPS) is 17.4. The molecule has 1 saturated heterocycles. The number of hydrogen-bond donors (Lipinski definition) is 2. The predicted molar refractivity (Wildman–Crippen MR) is 108 cm³/mol. The molecule has 2 heterocycles. The number of rotatable bonds is 8. The molecule has 0 aliphatic carbocycles. The molecule has 0 spiro atoms. The predicted octanol–water partition coefficient (Wildman–Crippen LogP) is 0.334. The molecule has 1 fully saturated rings. The van der Waals surface area contributed by atoms with E-state index in [4.69, 9.17) is 5.73 Å². The van der Waals surface area contributed by atoms with Gasteiger partial charge in [-0.05, 0) is 18.6 Å². The molecule has 1 amide bonds. The van der Waals surface area contributed by atoms with Crippen molar-refractivity contribution in [3.05, 3.63) is 24.4 Å². The number of nitrogens with zero attached hydrogens (tertiary/aromatic N) is 3.